The molecule has 10 heavy (non-hydrogen) atoms. The Morgan fingerprint density at radius 1 is 1.40 bits per heavy atom. The lowest BCUT2D eigenvalue weighted by atomic mass is 9.97. The Hall–Kier alpha value is -0.500. The second-order valence-corrected chi connectivity index (χ2v) is 2.90. The van der Waals surface area contributed by atoms with Gasteiger partial charge in [0.1, 0.15) is 5.17 Å². The van der Waals surface area contributed by atoms with E-state index in [1.807, 2.05) is 0 Å². The topological polar surface area (TPSA) is 49.9 Å². The van der Waals surface area contributed by atoms with Crippen LogP contribution in [0.25, 0.3) is 0 Å². The molecule has 1 aliphatic carbocycles. The maximum atomic E-state index is 7.15. The molecule has 0 heterocycles. The maximum absolute atomic E-state index is 7.15. The summed E-state index contributed by atoms with van der Waals surface area (Å²) in [5, 5.41) is 7.27. The Kier molecular flexibility index (Phi) is 2.33. The van der Waals surface area contributed by atoms with Gasteiger partial charge in [0, 0.05) is 11.3 Å². The fourth-order valence-corrected chi connectivity index (χ4v) is 1.40. The fourth-order valence-electron chi connectivity index (χ4n) is 1.18. The summed E-state index contributed by atoms with van der Waals surface area (Å²) in [6, 6.07) is 0. The molecule has 3 heteroatoms. The zero-order chi connectivity index (χ0) is 7.56. The van der Waals surface area contributed by atoms with E-state index in [1.54, 1.807) is 0 Å². The van der Waals surface area contributed by atoms with Crippen LogP contribution in [0.3, 0.4) is 0 Å². The molecule has 0 saturated carbocycles. The smallest absolute Gasteiger partial charge is 0.125 e. The largest absolute Gasteiger partial charge is 0.402 e. The number of allylic oxidation sites excluding steroid dienone is 2. The fraction of sp³-hybridized carbons (Fsp3) is 0.571. The van der Waals surface area contributed by atoms with Crippen molar-refractivity contribution in [3.05, 3.63) is 11.3 Å². The van der Waals surface area contributed by atoms with E-state index < -0.39 is 0 Å². The van der Waals surface area contributed by atoms with Crippen molar-refractivity contribution in [2.75, 3.05) is 0 Å². The number of rotatable bonds is 1. The van der Waals surface area contributed by atoms with E-state index in [0.717, 1.165) is 37.0 Å². The molecule has 0 unspecified atom stereocenters. The molecule has 0 saturated heterocycles. The Morgan fingerprint density at radius 3 is 2.40 bits per heavy atom. The lowest BCUT2D eigenvalue weighted by molar-refractivity contribution is 0.683. The average Bonchev–Trinajstić information content (AvgIpc) is 1.88. The van der Waals surface area contributed by atoms with E-state index in [-0.39, 0.29) is 5.17 Å². The van der Waals surface area contributed by atoms with Gasteiger partial charge in [0.05, 0.1) is 0 Å². The van der Waals surface area contributed by atoms with E-state index in [1.165, 1.54) is 0 Å². The molecule has 1 rings (SSSR count). The van der Waals surface area contributed by atoms with Crippen LogP contribution in [0, 0.1) is 5.41 Å². The van der Waals surface area contributed by atoms with Gasteiger partial charge in [-0.2, -0.15) is 0 Å². The summed E-state index contributed by atoms with van der Waals surface area (Å²) in [4.78, 5) is 0. The van der Waals surface area contributed by atoms with Crippen LogP contribution in [0.5, 0.6) is 0 Å². The highest BCUT2D eigenvalue weighted by atomic mass is 35.5. The van der Waals surface area contributed by atoms with Crippen molar-refractivity contribution in [1.82, 2.24) is 0 Å². The highest BCUT2D eigenvalue weighted by Gasteiger charge is 2.11. The first kappa shape index (κ1) is 7.61. The Labute approximate surface area is 65.6 Å². The van der Waals surface area contributed by atoms with Crippen LogP contribution in [0.2, 0.25) is 0 Å². The van der Waals surface area contributed by atoms with E-state index in [0.29, 0.717) is 0 Å². The first-order chi connectivity index (χ1) is 4.72. The molecule has 0 fully saturated rings. The summed E-state index contributed by atoms with van der Waals surface area (Å²) >= 11 is 5.50. The number of halogens is 1. The Morgan fingerprint density at radius 2 is 2.00 bits per heavy atom. The molecule has 0 atom stereocenters. The van der Waals surface area contributed by atoms with E-state index in [4.69, 9.17) is 22.7 Å². The molecular weight excluding hydrogens is 148 g/mol. The van der Waals surface area contributed by atoms with Crippen LogP contribution in [0.15, 0.2) is 11.3 Å². The molecule has 0 aromatic rings. The van der Waals surface area contributed by atoms with Crippen molar-refractivity contribution >= 4 is 16.8 Å². The lowest BCUT2D eigenvalue weighted by Gasteiger charge is -2.14. The number of hydrogen-bond acceptors (Lipinski definition) is 2. The minimum absolute atomic E-state index is 0.122. The lowest BCUT2D eigenvalue weighted by Crippen LogP contribution is -2.10. The SMILES string of the molecule is N=C(Cl)C1=C(N)CCCC1. The van der Waals surface area contributed by atoms with Crippen molar-refractivity contribution < 1.29 is 0 Å². The van der Waals surface area contributed by atoms with Gasteiger partial charge in [0.2, 0.25) is 0 Å². The van der Waals surface area contributed by atoms with Gasteiger partial charge < -0.3 is 5.73 Å². The predicted molar refractivity (Wildman–Crippen MR) is 43.3 cm³/mol. The Bertz CT molecular complexity index is 184. The molecule has 0 amide bonds. The second-order valence-electron chi connectivity index (χ2n) is 2.52. The maximum Gasteiger partial charge on any atom is 0.125 e. The number of nitrogens with one attached hydrogen (secondary N) is 1. The standard InChI is InChI=1S/C7H11ClN2/c8-7(10)5-3-1-2-4-6(5)9/h10H,1-4,9H2. The van der Waals surface area contributed by atoms with Gasteiger partial charge in [-0.05, 0) is 25.7 Å². The van der Waals surface area contributed by atoms with Gasteiger partial charge in [-0.25, -0.2) is 0 Å². The third-order valence-electron chi connectivity index (χ3n) is 1.78. The molecule has 0 aromatic heterocycles. The molecule has 0 spiro atoms. The molecule has 1 aliphatic rings. The second kappa shape index (κ2) is 3.06. The predicted octanol–water partition coefficient (Wildman–Crippen LogP) is 1.99. The summed E-state index contributed by atoms with van der Waals surface area (Å²) in [6.07, 6.45) is 4.04. The molecular formula is C7H11ClN2. The summed E-state index contributed by atoms with van der Waals surface area (Å²) < 4.78 is 0. The minimum atomic E-state index is 0.122. The monoisotopic (exact) mass is 158 g/mol. The molecule has 3 N–H and O–H groups in total. The van der Waals surface area contributed by atoms with Crippen LogP contribution < -0.4 is 5.73 Å². The van der Waals surface area contributed by atoms with Crippen LogP contribution in [-0.2, 0) is 0 Å². The van der Waals surface area contributed by atoms with Crippen molar-refractivity contribution in [2.24, 2.45) is 5.73 Å². The zero-order valence-electron chi connectivity index (χ0n) is 5.78. The van der Waals surface area contributed by atoms with Crippen molar-refractivity contribution in [2.45, 2.75) is 25.7 Å². The summed E-state index contributed by atoms with van der Waals surface area (Å²) in [5.41, 5.74) is 7.30. The van der Waals surface area contributed by atoms with Gasteiger partial charge in [0.15, 0.2) is 0 Å². The molecule has 0 bridgehead atoms. The van der Waals surface area contributed by atoms with Crippen molar-refractivity contribution in [3.63, 3.8) is 0 Å². The summed E-state index contributed by atoms with van der Waals surface area (Å²) in [7, 11) is 0. The first-order valence-electron chi connectivity index (χ1n) is 3.43. The molecule has 2 nitrogen and oxygen atoms in total. The summed E-state index contributed by atoms with van der Waals surface area (Å²) in [6.45, 7) is 0. The van der Waals surface area contributed by atoms with Gasteiger partial charge >= 0.3 is 0 Å². The first-order valence-corrected chi connectivity index (χ1v) is 3.81. The summed E-state index contributed by atoms with van der Waals surface area (Å²) in [5.74, 6) is 0. The molecule has 56 valence electrons. The van der Waals surface area contributed by atoms with Crippen LogP contribution in [0.4, 0.5) is 0 Å². The van der Waals surface area contributed by atoms with Crippen molar-refractivity contribution in [3.8, 4) is 0 Å². The van der Waals surface area contributed by atoms with E-state index >= 15 is 0 Å². The third-order valence-corrected chi connectivity index (χ3v) is 2.00. The van der Waals surface area contributed by atoms with E-state index in [9.17, 15) is 0 Å². The van der Waals surface area contributed by atoms with Crippen molar-refractivity contribution in [1.29, 1.82) is 5.41 Å². The van der Waals surface area contributed by atoms with Gasteiger partial charge in [-0.1, -0.05) is 11.6 Å². The van der Waals surface area contributed by atoms with Crippen LogP contribution in [0.1, 0.15) is 25.7 Å². The van der Waals surface area contributed by atoms with Crippen LogP contribution in [-0.4, -0.2) is 5.17 Å². The van der Waals surface area contributed by atoms with Gasteiger partial charge in [0.25, 0.3) is 0 Å². The average molecular weight is 159 g/mol. The van der Waals surface area contributed by atoms with Gasteiger partial charge in [-0.3, -0.25) is 5.41 Å². The third kappa shape index (κ3) is 1.51. The van der Waals surface area contributed by atoms with Crippen LogP contribution >= 0.6 is 11.6 Å². The van der Waals surface area contributed by atoms with Gasteiger partial charge in [-0.15, -0.1) is 0 Å². The number of hydrogen-bond donors (Lipinski definition) is 2. The van der Waals surface area contributed by atoms with E-state index in [2.05, 4.69) is 0 Å². The Balaban J connectivity index is 2.78. The number of nitrogens with two attached hydrogens (primary N) is 1. The highest BCUT2D eigenvalue weighted by Crippen LogP contribution is 2.22. The molecule has 0 aliphatic heterocycles. The normalized spacial score (nSPS) is 19.3. The molecule has 0 radical (unpaired) electrons. The quantitative estimate of drug-likeness (QED) is 0.564. The minimum Gasteiger partial charge on any atom is -0.402 e. The highest BCUT2D eigenvalue weighted by molar-refractivity contribution is 6.68. The zero-order valence-corrected chi connectivity index (χ0v) is 6.54. The molecule has 0 aromatic carbocycles.